The number of carboxylic acid groups (broad SMARTS) is 1. The number of rotatable bonds is 6. The Kier molecular flexibility index (Phi) is 5.11. The van der Waals surface area contributed by atoms with Crippen LogP contribution in [0.4, 0.5) is 0 Å². The van der Waals surface area contributed by atoms with E-state index in [1.54, 1.807) is 19.9 Å². The van der Waals surface area contributed by atoms with Crippen molar-refractivity contribution in [2.45, 2.75) is 20.3 Å². The lowest BCUT2D eigenvalue weighted by atomic mass is 9.85. The van der Waals surface area contributed by atoms with Crippen LogP contribution in [-0.2, 0) is 11.2 Å². The molecule has 1 rings (SSSR count). The Morgan fingerprint density at radius 2 is 1.75 bits per heavy atom. The molecule has 20 heavy (non-hydrogen) atoms. The molecule has 0 spiro atoms. The summed E-state index contributed by atoms with van der Waals surface area (Å²) in [4.78, 5) is 11.3. The molecular formula is C14H19ClO5. The largest absolute Gasteiger partial charge is 0.493 e. The minimum absolute atomic E-state index is 0.213. The summed E-state index contributed by atoms with van der Waals surface area (Å²) in [7, 11) is 4.46. The van der Waals surface area contributed by atoms with E-state index in [1.807, 2.05) is 0 Å². The molecule has 0 aromatic heterocycles. The summed E-state index contributed by atoms with van der Waals surface area (Å²) in [5.41, 5.74) is -0.393. The molecule has 112 valence electrons. The molecule has 0 unspecified atom stereocenters. The summed E-state index contributed by atoms with van der Waals surface area (Å²) in [6.45, 7) is 3.25. The number of methoxy groups -OCH3 is 3. The first-order chi connectivity index (χ1) is 9.28. The zero-order valence-electron chi connectivity index (χ0n) is 12.2. The summed E-state index contributed by atoms with van der Waals surface area (Å²) in [5, 5.41) is 9.63. The van der Waals surface area contributed by atoms with Gasteiger partial charge in [0, 0.05) is 11.6 Å². The van der Waals surface area contributed by atoms with E-state index in [0.29, 0.717) is 27.8 Å². The summed E-state index contributed by atoms with van der Waals surface area (Å²) >= 11 is 6.22. The van der Waals surface area contributed by atoms with Gasteiger partial charge in [-0.1, -0.05) is 11.6 Å². The quantitative estimate of drug-likeness (QED) is 0.875. The lowest BCUT2D eigenvalue weighted by molar-refractivity contribution is -0.146. The van der Waals surface area contributed by atoms with Crippen molar-refractivity contribution in [2.24, 2.45) is 5.41 Å². The van der Waals surface area contributed by atoms with Crippen molar-refractivity contribution in [3.8, 4) is 17.2 Å². The number of hydrogen-bond acceptors (Lipinski definition) is 4. The first kappa shape index (κ1) is 16.4. The Labute approximate surface area is 123 Å². The maximum Gasteiger partial charge on any atom is 0.309 e. The van der Waals surface area contributed by atoms with Crippen molar-refractivity contribution in [3.63, 3.8) is 0 Å². The van der Waals surface area contributed by atoms with Gasteiger partial charge in [0.2, 0.25) is 5.75 Å². The highest BCUT2D eigenvalue weighted by molar-refractivity contribution is 6.31. The third-order valence-corrected chi connectivity index (χ3v) is 3.41. The van der Waals surface area contributed by atoms with Crippen LogP contribution in [0.3, 0.4) is 0 Å². The molecule has 0 bridgehead atoms. The van der Waals surface area contributed by atoms with Gasteiger partial charge in [0.15, 0.2) is 11.5 Å². The molecule has 0 atom stereocenters. The number of carbonyl (C=O) groups is 1. The van der Waals surface area contributed by atoms with Crippen molar-refractivity contribution in [1.82, 2.24) is 0 Å². The number of carboxylic acids is 1. The lowest BCUT2D eigenvalue weighted by Gasteiger charge is -2.23. The van der Waals surface area contributed by atoms with Gasteiger partial charge >= 0.3 is 5.97 Å². The topological polar surface area (TPSA) is 65.0 Å². The molecule has 0 aliphatic heterocycles. The maximum absolute atomic E-state index is 11.3. The first-order valence-electron chi connectivity index (χ1n) is 5.99. The highest BCUT2D eigenvalue weighted by Gasteiger charge is 2.31. The zero-order chi connectivity index (χ0) is 15.5. The second kappa shape index (κ2) is 6.22. The molecule has 6 heteroatoms. The molecule has 1 aromatic carbocycles. The van der Waals surface area contributed by atoms with Gasteiger partial charge in [0.05, 0.1) is 31.8 Å². The van der Waals surface area contributed by atoms with Crippen LogP contribution in [0, 0.1) is 5.41 Å². The Balaban J connectivity index is 3.43. The van der Waals surface area contributed by atoms with Crippen LogP contribution in [0.5, 0.6) is 17.2 Å². The summed E-state index contributed by atoms with van der Waals surface area (Å²) in [5.74, 6) is 0.318. The van der Waals surface area contributed by atoms with E-state index in [0.717, 1.165) is 0 Å². The van der Waals surface area contributed by atoms with Crippen LogP contribution in [0.2, 0.25) is 5.02 Å². The molecular weight excluding hydrogens is 284 g/mol. The zero-order valence-corrected chi connectivity index (χ0v) is 13.0. The first-order valence-corrected chi connectivity index (χ1v) is 6.37. The minimum atomic E-state index is -0.976. The molecule has 1 aromatic rings. The van der Waals surface area contributed by atoms with Gasteiger partial charge in [-0.25, -0.2) is 0 Å². The predicted octanol–water partition coefficient (Wildman–Crippen LogP) is 3.02. The summed E-state index contributed by atoms with van der Waals surface area (Å²) in [6.07, 6.45) is 0.213. The van der Waals surface area contributed by atoms with Crippen LogP contribution >= 0.6 is 11.6 Å². The number of hydrogen-bond donors (Lipinski definition) is 1. The molecule has 0 radical (unpaired) electrons. The molecule has 0 aliphatic rings. The molecule has 0 amide bonds. The minimum Gasteiger partial charge on any atom is -0.493 e. The van der Waals surface area contributed by atoms with Crippen LogP contribution in [0.15, 0.2) is 6.07 Å². The average molecular weight is 303 g/mol. The average Bonchev–Trinajstić information content (AvgIpc) is 2.39. The molecule has 5 nitrogen and oxygen atoms in total. The highest BCUT2D eigenvalue weighted by Crippen LogP contribution is 2.45. The van der Waals surface area contributed by atoms with E-state index in [1.165, 1.54) is 21.3 Å². The Bertz CT molecular complexity index is 511. The third-order valence-electron chi connectivity index (χ3n) is 3.08. The summed E-state index contributed by atoms with van der Waals surface area (Å²) < 4.78 is 15.8. The molecule has 0 aliphatic carbocycles. The number of benzene rings is 1. The van der Waals surface area contributed by atoms with Crippen LogP contribution in [0.25, 0.3) is 0 Å². The molecule has 0 saturated carbocycles. The Hall–Kier alpha value is -1.62. The fraction of sp³-hybridized carbons (Fsp3) is 0.500. The summed E-state index contributed by atoms with van der Waals surface area (Å²) in [6, 6.07) is 1.59. The van der Waals surface area contributed by atoms with E-state index in [4.69, 9.17) is 25.8 Å². The predicted molar refractivity (Wildman–Crippen MR) is 76.2 cm³/mol. The van der Waals surface area contributed by atoms with E-state index in [-0.39, 0.29) is 6.42 Å². The van der Waals surface area contributed by atoms with E-state index < -0.39 is 11.4 Å². The van der Waals surface area contributed by atoms with Gasteiger partial charge in [-0.15, -0.1) is 0 Å². The van der Waals surface area contributed by atoms with Crippen molar-refractivity contribution < 1.29 is 24.1 Å². The SMILES string of the molecule is COc1cc(Cl)c(CC(C)(C)C(=O)O)c(OC)c1OC. The van der Waals surface area contributed by atoms with Gasteiger partial charge in [-0.3, -0.25) is 4.79 Å². The van der Waals surface area contributed by atoms with Crippen molar-refractivity contribution in [1.29, 1.82) is 0 Å². The maximum atomic E-state index is 11.3. The fourth-order valence-corrected chi connectivity index (χ4v) is 2.12. The standard InChI is InChI=1S/C14H19ClO5/c1-14(2,13(16)17)7-8-9(15)6-10(18-3)12(20-5)11(8)19-4/h6H,7H2,1-5H3,(H,16,17). The molecule has 1 N–H and O–H groups in total. The Morgan fingerprint density at radius 3 is 2.15 bits per heavy atom. The monoisotopic (exact) mass is 302 g/mol. The van der Waals surface area contributed by atoms with Gasteiger partial charge in [0.1, 0.15) is 0 Å². The van der Waals surface area contributed by atoms with Crippen LogP contribution < -0.4 is 14.2 Å². The van der Waals surface area contributed by atoms with Crippen molar-refractivity contribution in [2.75, 3.05) is 21.3 Å². The number of halogens is 1. The second-order valence-corrected chi connectivity index (χ2v) is 5.38. The number of ether oxygens (including phenoxy) is 3. The van der Waals surface area contributed by atoms with E-state index >= 15 is 0 Å². The van der Waals surface area contributed by atoms with Crippen molar-refractivity contribution in [3.05, 3.63) is 16.7 Å². The van der Waals surface area contributed by atoms with Gasteiger partial charge in [0.25, 0.3) is 0 Å². The normalized spacial score (nSPS) is 11.1. The highest BCUT2D eigenvalue weighted by atomic mass is 35.5. The lowest BCUT2D eigenvalue weighted by Crippen LogP contribution is -2.26. The van der Waals surface area contributed by atoms with Gasteiger partial charge in [-0.05, 0) is 20.3 Å². The molecule has 0 saturated heterocycles. The van der Waals surface area contributed by atoms with Crippen molar-refractivity contribution >= 4 is 17.6 Å². The van der Waals surface area contributed by atoms with Gasteiger partial charge < -0.3 is 19.3 Å². The van der Waals surface area contributed by atoms with Crippen LogP contribution in [-0.4, -0.2) is 32.4 Å². The second-order valence-electron chi connectivity index (χ2n) is 4.97. The molecule has 0 fully saturated rings. The smallest absolute Gasteiger partial charge is 0.309 e. The van der Waals surface area contributed by atoms with Gasteiger partial charge in [-0.2, -0.15) is 0 Å². The van der Waals surface area contributed by atoms with E-state index in [2.05, 4.69) is 0 Å². The fourth-order valence-electron chi connectivity index (χ4n) is 1.87. The number of aliphatic carboxylic acids is 1. The molecule has 0 heterocycles. The Morgan fingerprint density at radius 1 is 1.20 bits per heavy atom. The van der Waals surface area contributed by atoms with E-state index in [9.17, 15) is 9.90 Å². The van der Waals surface area contributed by atoms with Crippen LogP contribution in [0.1, 0.15) is 19.4 Å². The third kappa shape index (κ3) is 3.10.